The number of rotatable bonds is 2. The molecule has 0 radical (unpaired) electrons. The van der Waals surface area contributed by atoms with Crippen molar-refractivity contribution in [2.45, 2.75) is 12.8 Å². The van der Waals surface area contributed by atoms with Crippen LogP contribution in [0.3, 0.4) is 0 Å². The monoisotopic (exact) mass is 271 g/mol. The molecular weight excluding hydrogens is 254 g/mol. The van der Waals surface area contributed by atoms with Crippen LogP contribution in [0.15, 0.2) is 24.5 Å². The van der Waals surface area contributed by atoms with Gasteiger partial charge in [0, 0.05) is 13.1 Å². The molecule has 0 aromatic carbocycles. The van der Waals surface area contributed by atoms with Crippen molar-refractivity contribution >= 4 is 11.8 Å². The number of aromatic nitrogens is 2. The second-order valence-electron chi connectivity index (χ2n) is 6.09. The molecule has 1 N–H and O–H groups in total. The fourth-order valence-corrected chi connectivity index (χ4v) is 4.12. The van der Waals surface area contributed by atoms with Gasteiger partial charge in [0.15, 0.2) is 5.69 Å². The number of carbonyl (C=O) groups is 1. The van der Waals surface area contributed by atoms with E-state index in [1.54, 1.807) is 6.20 Å². The van der Waals surface area contributed by atoms with Crippen molar-refractivity contribution in [2.24, 2.45) is 23.7 Å². The van der Waals surface area contributed by atoms with Gasteiger partial charge in [0.2, 0.25) is 0 Å². The smallest absolute Gasteiger partial charge is 0.356 e. The molecule has 1 saturated heterocycles. The minimum absolute atomic E-state index is 0.00657. The zero-order valence-electron chi connectivity index (χ0n) is 11.1. The summed E-state index contributed by atoms with van der Waals surface area (Å²) in [6.45, 7) is 2.05. The number of hydrogen-bond donors (Lipinski definition) is 1. The van der Waals surface area contributed by atoms with Crippen LogP contribution in [-0.2, 0) is 0 Å². The van der Waals surface area contributed by atoms with Crippen LogP contribution >= 0.6 is 0 Å². The number of aromatic carboxylic acids is 1. The van der Waals surface area contributed by atoms with Crippen LogP contribution in [0.1, 0.15) is 23.3 Å². The third-order valence-corrected chi connectivity index (χ3v) is 5.13. The molecule has 5 rings (SSSR count). The second-order valence-corrected chi connectivity index (χ2v) is 6.09. The van der Waals surface area contributed by atoms with E-state index in [2.05, 4.69) is 27.0 Å². The SMILES string of the molecule is O=C(O)c1cnc(N2CC3C4C=CC(CC4)C3C2)cn1. The highest BCUT2D eigenvalue weighted by Crippen LogP contribution is 2.48. The van der Waals surface area contributed by atoms with E-state index < -0.39 is 5.97 Å². The molecule has 1 aromatic heterocycles. The van der Waals surface area contributed by atoms with Crippen molar-refractivity contribution in [3.8, 4) is 0 Å². The van der Waals surface area contributed by atoms with Crippen molar-refractivity contribution in [2.75, 3.05) is 18.0 Å². The highest BCUT2D eigenvalue weighted by molar-refractivity contribution is 5.84. The second kappa shape index (κ2) is 4.30. The molecule has 0 spiro atoms. The predicted molar refractivity (Wildman–Crippen MR) is 73.5 cm³/mol. The van der Waals surface area contributed by atoms with Crippen LogP contribution in [0.4, 0.5) is 5.82 Å². The van der Waals surface area contributed by atoms with E-state index in [1.807, 2.05) is 0 Å². The first-order valence-corrected chi connectivity index (χ1v) is 7.21. The van der Waals surface area contributed by atoms with E-state index in [0.29, 0.717) is 0 Å². The first kappa shape index (κ1) is 11.9. The quantitative estimate of drug-likeness (QED) is 0.831. The van der Waals surface area contributed by atoms with Crippen LogP contribution in [-0.4, -0.2) is 34.1 Å². The van der Waals surface area contributed by atoms with E-state index in [1.165, 1.54) is 19.0 Å². The highest BCUT2D eigenvalue weighted by atomic mass is 16.4. The van der Waals surface area contributed by atoms with Crippen molar-refractivity contribution in [3.63, 3.8) is 0 Å². The van der Waals surface area contributed by atoms with Gasteiger partial charge in [-0.15, -0.1) is 0 Å². The Morgan fingerprint density at radius 2 is 1.75 bits per heavy atom. The summed E-state index contributed by atoms with van der Waals surface area (Å²) in [6.07, 6.45) is 10.4. The zero-order chi connectivity index (χ0) is 13.7. The molecule has 4 unspecified atom stereocenters. The molecule has 2 fully saturated rings. The molecule has 104 valence electrons. The maximum absolute atomic E-state index is 10.8. The Morgan fingerprint density at radius 3 is 2.20 bits per heavy atom. The van der Waals surface area contributed by atoms with Gasteiger partial charge in [-0.2, -0.15) is 0 Å². The molecule has 2 heterocycles. The molecule has 20 heavy (non-hydrogen) atoms. The molecule has 5 nitrogen and oxygen atoms in total. The molecule has 4 aliphatic rings. The fraction of sp³-hybridized carbons (Fsp3) is 0.533. The van der Waals surface area contributed by atoms with Gasteiger partial charge in [0.05, 0.1) is 12.4 Å². The Bertz CT molecular complexity index is 547. The third-order valence-electron chi connectivity index (χ3n) is 5.13. The van der Waals surface area contributed by atoms with Gasteiger partial charge in [0.25, 0.3) is 0 Å². The molecule has 1 aliphatic heterocycles. The molecule has 1 saturated carbocycles. The molecule has 0 amide bonds. The Morgan fingerprint density at radius 1 is 1.10 bits per heavy atom. The van der Waals surface area contributed by atoms with Gasteiger partial charge in [-0.1, -0.05) is 12.2 Å². The summed E-state index contributed by atoms with van der Waals surface area (Å²) in [6, 6.07) is 0. The summed E-state index contributed by atoms with van der Waals surface area (Å²) in [7, 11) is 0. The van der Waals surface area contributed by atoms with Gasteiger partial charge in [-0.3, -0.25) is 0 Å². The lowest BCUT2D eigenvalue weighted by molar-refractivity contribution is 0.0690. The summed E-state index contributed by atoms with van der Waals surface area (Å²) in [5.41, 5.74) is 0.00657. The predicted octanol–water partition coefficient (Wildman–Crippen LogP) is 1.82. The Kier molecular flexibility index (Phi) is 2.55. The topological polar surface area (TPSA) is 66.3 Å². The summed E-state index contributed by atoms with van der Waals surface area (Å²) >= 11 is 0. The lowest BCUT2D eigenvalue weighted by atomic mass is 9.64. The fourth-order valence-electron chi connectivity index (χ4n) is 4.12. The first-order chi connectivity index (χ1) is 9.72. The van der Waals surface area contributed by atoms with Crippen LogP contribution in [0.5, 0.6) is 0 Å². The molecule has 5 heteroatoms. The molecule has 1 aromatic rings. The summed E-state index contributed by atoms with van der Waals surface area (Å²) in [5.74, 6) is 2.70. The van der Waals surface area contributed by atoms with Gasteiger partial charge < -0.3 is 10.0 Å². The maximum Gasteiger partial charge on any atom is 0.356 e. The van der Waals surface area contributed by atoms with Crippen molar-refractivity contribution in [1.82, 2.24) is 9.97 Å². The molecule has 3 aliphatic carbocycles. The summed E-state index contributed by atoms with van der Waals surface area (Å²) in [4.78, 5) is 21.3. The van der Waals surface area contributed by atoms with Crippen molar-refractivity contribution in [3.05, 3.63) is 30.2 Å². The number of nitrogens with zero attached hydrogens (tertiary/aromatic N) is 3. The largest absolute Gasteiger partial charge is 0.476 e. The zero-order valence-corrected chi connectivity index (χ0v) is 11.1. The Balaban J connectivity index is 1.55. The first-order valence-electron chi connectivity index (χ1n) is 7.21. The van der Waals surface area contributed by atoms with Crippen LogP contribution in [0.2, 0.25) is 0 Å². The van der Waals surface area contributed by atoms with Crippen LogP contribution in [0, 0.1) is 23.7 Å². The van der Waals surface area contributed by atoms with E-state index in [0.717, 1.165) is 42.6 Å². The van der Waals surface area contributed by atoms with Crippen LogP contribution in [0.25, 0.3) is 0 Å². The number of carboxylic acid groups (broad SMARTS) is 1. The van der Waals surface area contributed by atoms with Crippen LogP contribution < -0.4 is 4.90 Å². The van der Waals surface area contributed by atoms with Gasteiger partial charge in [0.1, 0.15) is 5.82 Å². The number of hydrogen-bond acceptors (Lipinski definition) is 4. The molecule has 2 bridgehead atoms. The number of carboxylic acids is 1. The van der Waals surface area contributed by atoms with Gasteiger partial charge in [-0.25, -0.2) is 14.8 Å². The average molecular weight is 271 g/mol. The Hall–Kier alpha value is -1.91. The van der Waals surface area contributed by atoms with E-state index in [9.17, 15) is 4.79 Å². The Labute approximate surface area is 117 Å². The van der Waals surface area contributed by atoms with E-state index in [4.69, 9.17) is 5.11 Å². The lowest BCUT2D eigenvalue weighted by Gasteiger charge is -2.40. The standard InChI is InChI=1S/C15H17N3O2/c19-15(20)13-5-17-14(6-16-13)18-7-11-9-1-2-10(4-3-9)12(11)8-18/h1-2,5-6,9-12H,3-4,7-8H2,(H,19,20). The van der Waals surface area contributed by atoms with Gasteiger partial charge >= 0.3 is 5.97 Å². The number of anilines is 1. The lowest BCUT2D eigenvalue weighted by Crippen LogP contribution is -2.35. The maximum atomic E-state index is 10.8. The van der Waals surface area contributed by atoms with E-state index in [-0.39, 0.29) is 5.69 Å². The molecular formula is C15H17N3O2. The number of fused-ring (bicyclic) bond motifs is 1. The van der Waals surface area contributed by atoms with E-state index >= 15 is 0 Å². The van der Waals surface area contributed by atoms with Gasteiger partial charge in [-0.05, 0) is 36.5 Å². The van der Waals surface area contributed by atoms with Crippen molar-refractivity contribution in [1.29, 1.82) is 0 Å². The average Bonchev–Trinajstić information content (AvgIpc) is 2.95. The molecule has 4 atom stereocenters. The minimum atomic E-state index is -1.03. The minimum Gasteiger partial charge on any atom is -0.476 e. The normalized spacial score (nSPS) is 34.3. The van der Waals surface area contributed by atoms with Crippen molar-refractivity contribution < 1.29 is 9.90 Å². The summed E-state index contributed by atoms with van der Waals surface area (Å²) in [5, 5.41) is 8.86. The number of allylic oxidation sites excluding steroid dienone is 2. The third kappa shape index (κ3) is 1.72. The summed E-state index contributed by atoms with van der Waals surface area (Å²) < 4.78 is 0. The highest BCUT2D eigenvalue weighted by Gasteiger charge is 2.46.